The minimum absolute atomic E-state index is 0.0253. The maximum absolute atomic E-state index is 15.5. The van der Waals surface area contributed by atoms with Gasteiger partial charge >= 0.3 is 0 Å². The molecule has 34 heavy (non-hydrogen) atoms. The second-order valence-corrected chi connectivity index (χ2v) is 8.47. The van der Waals surface area contributed by atoms with E-state index in [4.69, 9.17) is 5.26 Å². The Kier molecular flexibility index (Phi) is 5.70. The van der Waals surface area contributed by atoms with Crippen LogP contribution in [0, 0.1) is 23.0 Å². The van der Waals surface area contributed by atoms with Crippen molar-refractivity contribution in [1.29, 1.82) is 5.26 Å². The van der Waals surface area contributed by atoms with Gasteiger partial charge in [-0.05, 0) is 25.0 Å². The molecule has 12 heteroatoms. The summed E-state index contributed by atoms with van der Waals surface area (Å²) in [7, 11) is 0. The standard InChI is InChI=1S/C22H22F2N8O2/c23-13-3-4-17-26-8-16(32(17)9-13)20-28-21(19(24)22(29-20)31-11-15(33)12-31)27-14-2-1-7-30(10-14)18(34)5-6-25/h3-4,8-9,14-15,33H,1-2,5,7,10-12H2,(H,27,28,29). The number of aliphatic hydroxyl groups is 1. The van der Waals surface area contributed by atoms with Crippen LogP contribution in [-0.2, 0) is 4.79 Å². The van der Waals surface area contributed by atoms with E-state index in [1.165, 1.54) is 28.9 Å². The van der Waals surface area contributed by atoms with E-state index in [9.17, 15) is 14.3 Å². The quantitative estimate of drug-likeness (QED) is 0.579. The molecule has 0 aromatic carbocycles. The number of β-amino-alcohol motifs (C(OH)–C–C–N with tert-alkyl or cyclic N) is 1. The second-order valence-electron chi connectivity index (χ2n) is 8.47. The monoisotopic (exact) mass is 468 g/mol. The van der Waals surface area contributed by atoms with Crippen LogP contribution in [0.1, 0.15) is 19.3 Å². The molecule has 0 spiro atoms. The van der Waals surface area contributed by atoms with Crippen LogP contribution in [0.3, 0.4) is 0 Å². The number of likely N-dealkylation sites (tertiary alicyclic amines) is 1. The molecule has 0 bridgehead atoms. The zero-order valence-electron chi connectivity index (χ0n) is 18.2. The number of anilines is 2. The van der Waals surface area contributed by atoms with Crippen molar-refractivity contribution in [1.82, 2.24) is 24.3 Å². The van der Waals surface area contributed by atoms with Crippen molar-refractivity contribution in [3.05, 3.63) is 36.2 Å². The molecule has 0 radical (unpaired) electrons. The molecule has 1 amide bonds. The third kappa shape index (κ3) is 4.10. The summed E-state index contributed by atoms with van der Waals surface area (Å²) in [6.07, 6.45) is 3.36. The van der Waals surface area contributed by atoms with Crippen LogP contribution in [0.5, 0.6) is 0 Å². The molecule has 176 valence electrons. The predicted octanol–water partition coefficient (Wildman–Crippen LogP) is 1.57. The van der Waals surface area contributed by atoms with Crippen molar-refractivity contribution in [2.45, 2.75) is 31.4 Å². The first-order chi connectivity index (χ1) is 16.4. The van der Waals surface area contributed by atoms with Crippen LogP contribution >= 0.6 is 0 Å². The first-order valence-electron chi connectivity index (χ1n) is 11.0. The molecular formula is C22H22F2N8O2. The molecule has 2 saturated heterocycles. The van der Waals surface area contributed by atoms with Gasteiger partial charge in [0.2, 0.25) is 11.7 Å². The van der Waals surface area contributed by atoms with Crippen molar-refractivity contribution in [3.63, 3.8) is 0 Å². The van der Waals surface area contributed by atoms with E-state index < -0.39 is 17.7 Å². The molecule has 2 fully saturated rings. The highest BCUT2D eigenvalue weighted by Gasteiger charge is 2.32. The molecule has 3 aromatic heterocycles. The fourth-order valence-corrected chi connectivity index (χ4v) is 4.30. The van der Waals surface area contributed by atoms with Crippen molar-refractivity contribution in [2.75, 3.05) is 36.4 Å². The normalized spacial score (nSPS) is 18.6. The number of nitrogens with zero attached hydrogens (tertiary/aromatic N) is 7. The van der Waals surface area contributed by atoms with Gasteiger partial charge < -0.3 is 20.2 Å². The molecule has 0 saturated carbocycles. The number of nitriles is 1. The van der Waals surface area contributed by atoms with Gasteiger partial charge in [0.25, 0.3) is 0 Å². The molecule has 3 aromatic rings. The van der Waals surface area contributed by atoms with Crippen LogP contribution in [-0.4, -0.2) is 73.6 Å². The van der Waals surface area contributed by atoms with Gasteiger partial charge in [-0.25, -0.2) is 19.3 Å². The molecule has 2 aliphatic rings. The minimum Gasteiger partial charge on any atom is -0.389 e. The highest BCUT2D eigenvalue weighted by Crippen LogP contribution is 2.31. The number of aliphatic hydroxyl groups excluding tert-OH is 1. The number of aromatic nitrogens is 4. The molecule has 5 heterocycles. The Labute approximate surface area is 193 Å². The van der Waals surface area contributed by atoms with Gasteiger partial charge in [0, 0.05) is 38.4 Å². The Morgan fingerprint density at radius 1 is 1.26 bits per heavy atom. The lowest BCUT2D eigenvalue weighted by Gasteiger charge is -2.37. The number of pyridine rings is 1. The lowest BCUT2D eigenvalue weighted by molar-refractivity contribution is -0.131. The average molecular weight is 468 g/mol. The third-order valence-corrected chi connectivity index (χ3v) is 6.04. The molecule has 0 aliphatic carbocycles. The zero-order valence-corrected chi connectivity index (χ0v) is 18.2. The Morgan fingerprint density at radius 3 is 2.85 bits per heavy atom. The number of piperidine rings is 1. The Morgan fingerprint density at radius 2 is 2.09 bits per heavy atom. The molecule has 5 rings (SSSR count). The number of hydrogen-bond donors (Lipinski definition) is 2. The van der Waals surface area contributed by atoms with E-state index in [0.29, 0.717) is 37.3 Å². The van der Waals surface area contributed by atoms with Crippen LogP contribution in [0.2, 0.25) is 0 Å². The molecule has 2 aliphatic heterocycles. The fourth-order valence-electron chi connectivity index (χ4n) is 4.30. The second kappa shape index (κ2) is 8.83. The summed E-state index contributed by atoms with van der Waals surface area (Å²) in [6.45, 7) is 1.32. The van der Waals surface area contributed by atoms with E-state index in [2.05, 4.69) is 20.3 Å². The Bertz CT molecular complexity index is 1280. The summed E-state index contributed by atoms with van der Waals surface area (Å²) >= 11 is 0. The number of rotatable bonds is 5. The van der Waals surface area contributed by atoms with E-state index in [1.54, 1.807) is 9.80 Å². The van der Waals surface area contributed by atoms with E-state index in [1.807, 2.05) is 6.07 Å². The summed E-state index contributed by atoms with van der Waals surface area (Å²) in [5, 5.41) is 21.6. The van der Waals surface area contributed by atoms with Gasteiger partial charge in [-0.3, -0.25) is 9.20 Å². The van der Waals surface area contributed by atoms with Crippen LogP contribution in [0.15, 0.2) is 24.5 Å². The number of imidazole rings is 1. The Hall–Kier alpha value is -3.85. The van der Waals surface area contributed by atoms with E-state index in [-0.39, 0.29) is 48.9 Å². The minimum atomic E-state index is -0.670. The Balaban J connectivity index is 1.50. The van der Waals surface area contributed by atoms with Crippen molar-refractivity contribution in [2.24, 2.45) is 0 Å². The van der Waals surface area contributed by atoms with Crippen LogP contribution in [0.4, 0.5) is 20.4 Å². The number of amides is 1. The van der Waals surface area contributed by atoms with Crippen LogP contribution in [0.25, 0.3) is 17.2 Å². The van der Waals surface area contributed by atoms with Crippen molar-refractivity contribution < 1.29 is 18.7 Å². The van der Waals surface area contributed by atoms with Gasteiger partial charge in [0.15, 0.2) is 17.5 Å². The van der Waals surface area contributed by atoms with Gasteiger partial charge in [-0.15, -0.1) is 0 Å². The van der Waals surface area contributed by atoms with Crippen LogP contribution < -0.4 is 10.2 Å². The van der Waals surface area contributed by atoms with Crippen molar-refractivity contribution >= 4 is 23.2 Å². The molecule has 1 unspecified atom stereocenters. The number of hydrogen-bond acceptors (Lipinski definition) is 8. The van der Waals surface area contributed by atoms with Gasteiger partial charge in [0.05, 0.1) is 18.4 Å². The number of carbonyl (C=O) groups excluding carboxylic acids is 1. The maximum atomic E-state index is 15.5. The van der Waals surface area contributed by atoms with E-state index >= 15 is 4.39 Å². The van der Waals surface area contributed by atoms with Crippen molar-refractivity contribution in [3.8, 4) is 17.6 Å². The lowest BCUT2D eigenvalue weighted by atomic mass is 10.1. The zero-order chi connectivity index (χ0) is 23.8. The summed E-state index contributed by atoms with van der Waals surface area (Å²) < 4.78 is 30.9. The maximum Gasteiger partial charge on any atom is 0.236 e. The lowest BCUT2D eigenvalue weighted by Crippen LogP contribution is -2.51. The predicted molar refractivity (Wildman–Crippen MR) is 118 cm³/mol. The fraction of sp³-hybridized carbons (Fsp3) is 0.409. The first-order valence-corrected chi connectivity index (χ1v) is 11.0. The number of fused-ring (bicyclic) bond motifs is 1. The molecular weight excluding hydrogens is 446 g/mol. The highest BCUT2D eigenvalue weighted by molar-refractivity contribution is 5.78. The molecule has 1 atom stereocenters. The molecule has 10 nitrogen and oxygen atoms in total. The highest BCUT2D eigenvalue weighted by atomic mass is 19.1. The summed E-state index contributed by atoms with van der Waals surface area (Å²) in [6, 6.07) is 4.40. The summed E-state index contributed by atoms with van der Waals surface area (Å²) in [5.41, 5.74) is 0.869. The molecule has 2 N–H and O–H groups in total. The number of nitrogens with one attached hydrogen (secondary N) is 1. The largest absolute Gasteiger partial charge is 0.389 e. The smallest absolute Gasteiger partial charge is 0.236 e. The summed E-state index contributed by atoms with van der Waals surface area (Å²) in [4.78, 5) is 28.4. The summed E-state index contributed by atoms with van der Waals surface area (Å²) in [5.74, 6) is -1.28. The van der Waals surface area contributed by atoms with Gasteiger partial charge in [0.1, 0.15) is 23.6 Å². The third-order valence-electron chi connectivity index (χ3n) is 6.04. The topological polar surface area (TPSA) is 123 Å². The number of carbonyl (C=O) groups is 1. The first kappa shape index (κ1) is 22.0. The van der Waals surface area contributed by atoms with Gasteiger partial charge in [-0.2, -0.15) is 9.65 Å². The van der Waals surface area contributed by atoms with Gasteiger partial charge in [-0.1, -0.05) is 0 Å². The number of halogens is 2. The average Bonchev–Trinajstić information content (AvgIpc) is 3.22. The SMILES string of the molecule is N#CCC(=O)N1CCCC(Nc2nc(-c3cnc4ccc(F)cn34)nc(N3CC(O)C3)c2F)C1. The van der Waals surface area contributed by atoms with E-state index in [0.717, 1.165) is 0 Å².